The molecule has 0 aromatic heterocycles. The Morgan fingerprint density at radius 1 is 0.391 bits per heavy atom. The lowest BCUT2D eigenvalue weighted by atomic mass is 10.2. The van der Waals surface area contributed by atoms with Gasteiger partial charge in [0.1, 0.15) is 0 Å². The van der Waals surface area contributed by atoms with Gasteiger partial charge in [0.05, 0.1) is 8.07 Å². The quantitative estimate of drug-likeness (QED) is 0.0795. The molecule has 384 valence electrons. The molecule has 0 aromatic rings. The molecule has 4 atom stereocenters. The maximum Gasteiger partial charge on any atom is 0.458 e. The van der Waals surface area contributed by atoms with E-state index >= 15 is 4.39 Å². The van der Waals surface area contributed by atoms with Gasteiger partial charge in [0.25, 0.3) is 0 Å². The van der Waals surface area contributed by atoms with Gasteiger partial charge < -0.3 is 8.54 Å². The Kier molecular flexibility index (Phi) is 20.0. The van der Waals surface area contributed by atoms with Crippen LogP contribution in [-0.2, 0) is 27.5 Å². The topological polar surface area (TPSA) is 55.4 Å². The zero-order chi connectivity index (χ0) is 52.5. The largest absolute Gasteiger partial charge is 0.458 e. The third kappa shape index (κ3) is 16.3. The number of alkyl halides is 24. The van der Waals surface area contributed by atoms with Crippen molar-refractivity contribution in [3.8, 4) is 0 Å². The number of halogens is 24. The van der Waals surface area contributed by atoms with Gasteiger partial charge in [-0.1, -0.05) is 25.3 Å². The summed E-state index contributed by atoms with van der Waals surface area (Å²) < 4.78 is 355. The summed E-state index contributed by atoms with van der Waals surface area (Å²) in [4.78, 5) is 0. The van der Waals surface area contributed by atoms with Crippen LogP contribution in [-0.4, -0.2) is 113 Å². The van der Waals surface area contributed by atoms with Crippen molar-refractivity contribution in [3.63, 3.8) is 0 Å². The maximum atomic E-state index is 15.1. The molecule has 4 unspecified atom stereocenters. The van der Waals surface area contributed by atoms with Crippen molar-refractivity contribution in [3.05, 3.63) is 24.6 Å². The van der Waals surface area contributed by atoms with E-state index in [1.807, 2.05) is 0 Å². The van der Waals surface area contributed by atoms with Crippen LogP contribution in [0.25, 0.3) is 0 Å². The lowest BCUT2D eigenvalue weighted by molar-refractivity contribution is -0.585. The summed E-state index contributed by atoms with van der Waals surface area (Å²) in [7, 11) is -10.6. The normalized spacial score (nSPS) is 18.8. The molecule has 0 aromatic carbocycles. The van der Waals surface area contributed by atoms with Crippen LogP contribution >= 0.6 is 0 Å². The molecule has 0 amide bonds. The monoisotopic (exact) mass is 1070 g/mol. The average Bonchev–Trinajstić information content (AvgIpc) is 3.03. The van der Waals surface area contributed by atoms with Gasteiger partial charge in [-0.3, -0.25) is 18.9 Å². The molecule has 0 aliphatic heterocycles. The molecule has 6 nitrogen and oxygen atoms in total. The van der Waals surface area contributed by atoms with Crippen molar-refractivity contribution in [2.45, 2.75) is 156 Å². The molecule has 0 saturated heterocycles. The van der Waals surface area contributed by atoms with Crippen LogP contribution in [0.2, 0.25) is 71.0 Å². The minimum absolute atomic E-state index is 0.729. The van der Waals surface area contributed by atoms with E-state index < -0.39 is 131 Å². The minimum Gasteiger partial charge on any atom is -0.453 e. The molecule has 0 aliphatic rings. The van der Waals surface area contributed by atoms with Crippen LogP contribution in [0.1, 0.15) is 12.8 Å². The Bertz CT molecular complexity index is 1550. The van der Waals surface area contributed by atoms with Crippen LogP contribution in [0.15, 0.2) is 24.6 Å². The van der Waals surface area contributed by atoms with Crippen LogP contribution in [0.4, 0.5) is 105 Å². The molecule has 0 spiro atoms. The Morgan fingerprint density at radius 3 is 0.859 bits per heavy atom. The van der Waals surface area contributed by atoms with Gasteiger partial charge >= 0.3 is 72.6 Å². The van der Waals surface area contributed by atoms with Gasteiger partial charge in [-0.15, -0.1) is 18.9 Å². The predicted octanol–water partition coefficient (Wildman–Crippen LogP) is 14.2. The lowest BCUT2D eigenvalue weighted by Crippen LogP contribution is -2.69. The van der Waals surface area contributed by atoms with Crippen molar-refractivity contribution in [2.24, 2.45) is 0 Å². The molecule has 0 bridgehead atoms. The Balaban J connectivity index is 0. The average molecular weight is 1070 g/mol. The third-order valence-electron chi connectivity index (χ3n) is 8.07. The van der Waals surface area contributed by atoms with E-state index in [0.717, 1.165) is 39.0 Å². The van der Waals surface area contributed by atoms with E-state index in [0.29, 0.717) is 0 Å². The number of rotatable bonds is 22. The zero-order valence-electron chi connectivity index (χ0n) is 34.9. The third-order valence-corrected chi connectivity index (χ3v) is 18.6. The first-order valence-electron chi connectivity index (χ1n) is 17.2. The van der Waals surface area contributed by atoms with Crippen LogP contribution in [0, 0.1) is 0 Å². The van der Waals surface area contributed by atoms with Crippen LogP contribution in [0.3, 0.4) is 0 Å². The maximum absolute atomic E-state index is 15.1. The summed E-state index contributed by atoms with van der Waals surface area (Å²) in [5, 5.41) is 0. The number of hydrogen-bond donors (Lipinski definition) is 0. The fraction of sp³-hybridized carbons (Fsp3) is 0.867. The van der Waals surface area contributed by atoms with Crippen molar-refractivity contribution >= 4 is 33.0 Å². The van der Waals surface area contributed by atoms with Crippen molar-refractivity contribution < 1.29 is 133 Å². The molecule has 0 saturated carbocycles. The Labute approximate surface area is 353 Å². The van der Waals surface area contributed by atoms with Gasteiger partial charge in [-0.25, -0.2) is 8.78 Å². The van der Waals surface area contributed by atoms with E-state index in [1.54, 1.807) is 0 Å². The van der Waals surface area contributed by atoms with Gasteiger partial charge in [0, 0.05) is 20.0 Å². The highest BCUT2D eigenvalue weighted by Crippen LogP contribution is 2.59. The fourth-order valence-electron chi connectivity index (χ4n) is 3.91. The SMILES string of the molecule is C=C[Si](C)(C)C.C=C[Si](C)(C)O[Si](C)(C)CCC(F)(OC(F)(F)C(F)(OC(F)(F)C(F)(F)OC(F)(C(F)(F)F)C(F)(F)OC(F)(CC[Si](C)(C)OC)C(F)(F)F)C(F)(F)F)C(F)(F)F. The molecular weight excluding hydrogens is 1020 g/mol. The molecule has 0 fully saturated rings. The highest BCUT2D eigenvalue weighted by atomic mass is 28.4. The van der Waals surface area contributed by atoms with Gasteiger partial charge in [0.15, 0.2) is 25.0 Å². The standard InChI is InChI=1S/C25H32F24O6Si3.C5H12Si/c1-9-56(3,4)55-58(7,8)13-11-15(27,19(33,34)35)52-23(44,45)17(29,21(39,40)41)54-25(48,49)24(46,47)53-16(28,20(36,37)38)22(42,43)51-14(26,18(30,31)32)10-12-57(5,6)50-2;1-5-6(2,3)4/h9H,1,10-13H2,2-8H3;5H,1H2,2-4H3. The second-order valence-corrected chi connectivity index (χ2v) is 34.3. The molecule has 64 heavy (non-hydrogen) atoms. The highest BCUT2D eigenvalue weighted by Gasteiger charge is 2.86. The minimum atomic E-state index is -8.48. The van der Waals surface area contributed by atoms with Crippen molar-refractivity contribution in [1.29, 1.82) is 0 Å². The van der Waals surface area contributed by atoms with Crippen LogP contribution in [0.5, 0.6) is 0 Å². The highest BCUT2D eigenvalue weighted by molar-refractivity contribution is 6.87. The predicted molar refractivity (Wildman–Crippen MR) is 187 cm³/mol. The second-order valence-electron chi connectivity index (χ2n) is 16.3. The van der Waals surface area contributed by atoms with E-state index in [9.17, 15) is 101 Å². The van der Waals surface area contributed by atoms with Crippen molar-refractivity contribution in [2.75, 3.05) is 7.11 Å². The number of hydrogen-bond acceptors (Lipinski definition) is 6. The molecular formula is C30H44F24O6Si4. The van der Waals surface area contributed by atoms with Gasteiger partial charge in [-0.2, -0.15) is 96.6 Å². The smallest absolute Gasteiger partial charge is 0.453 e. The summed E-state index contributed by atoms with van der Waals surface area (Å²) >= 11 is 0. The Hall–Kier alpha value is -1.57. The van der Waals surface area contributed by atoms with E-state index in [-0.39, 0.29) is 0 Å². The second kappa shape index (κ2) is 19.8. The molecule has 34 heteroatoms. The van der Waals surface area contributed by atoms with E-state index in [2.05, 4.69) is 52.4 Å². The van der Waals surface area contributed by atoms with Crippen molar-refractivity contribution in [1.82, 2.24) is 0 Å². The lowest BCUT2D eigenvalue weighted by Gasteiger charge is -2.42. The van der Waals surface area contributed by atoms with E-state index in [1.165, 1.54) is 22.6 Å². The summed E-state index contributed by atoms with van der Waals surface area (Å²) in [6.45, 7) is 20.1. The molecule has 0 rings (SSSR count). The first-order valence-corrected chi connectivity index (χ1v) is 30.0. The van der Waals surface area contributed by atoms with Gasteiger partial charge in [0.2, 0.25) is 0 Å². The fourth-order valence-corrected chi connectivity index (χ4v) is 12.4. The van der Waals surface area contributed by atoms with Gasteiger partial charge in [-0.05, 0) is 51.4 Å². The molecule has 0 aliphatic carbocycles. The van der Waals surface area contributed by atoms with Crippen LogP contribution < -0.4 is 0 Å². The summed E-state index contributed by atoms with van der Waals surface area (Å²) in [6.07, 6.45) is -68.8. The molecule has 0 N–H and O–H groups in total. The number of ether oxygens (including phenoxy) is 4. The first-order chi connectivity index (χ1) is 27.4. The zero-order valence-corrected chi connectivity index (χ0v) is 38.9. The summed E-state index contributed by atoms with van der Waals surface area (Å²) in [5.41, 5.74) is 3.20. The van der Waals surface area contributed by atoms with E-state index in [4.69, 9.17) is 4.12 Å². The first kappa shape index (κ1) is 64.5. The summed E-state index contributed by atoms with van der Waals surface area (Å²) in [5.74, 6) is -29.3. The molecule has 0 heterocycles. The molecule has 0 radical (unpaired) electrons. The Morgan fingerprint density at radius 2 is 0.656 bits per heavy atom. The summed E-state index contributed by atoms with van der Waals surface area (Å²) in [6, 6.07) is -2.84.